The first-order valence-electron chi connectivity index (χ1n) is 5.41. The number of aromatic nitrogens is 1. The highest BCUT2D eigenvalue weighted by atomic mass is 14.9. The number of hydrogen-bond donors (Lipinski definition) is 0. The molecule has 0 spiro atoms. The van der Waals surface area contributed by atoms with E-state index < -0.39 is 0 Å². The van der Waals surface area contributed by atoms with Crippen LogP contribution in [0.25, 0.3) is 17.3 Å². The third kappa shape index (κ3) is 1.76. The Balaban J connectivity index is 2.73. The van der Waals surface area contributed by atoms with Crippen LogP contribution in [0.3, 0.4) is 0 Å². The summed E-state index contributed by atoms with van der Waals surface area (Å²) in [5.74, 6) is 0. The fraction of sp³-hybridized carbons (Fsp3) is 0.133. The Morgan fingerprint density at radius 3 is 2.56 bits per heavy atom. The minimum Gasteiger partial charge on any atom is -0.200 e. The molecular weight excluding hydrogens is 194 g/mol. The average Bonchev–Trinajstić information content (AvgIpc) is 2.30. The van der Waals surface area contributed by atoms with Crippen molar-refractivity contribution in [2.75, 3.05) is 0 Å². The maximum atomic E-state index is 3.87. The summed E-state index contributed by atoms with van der Waals surface area (Å²) in [6.45, 7) is 6.01. The lowest BCUT2D eigenvalue weighted by molar-refractivity contribution is -0.660. The quantitative estimate of drug-likeness (QED) is 0.670. The third-order valence-electron chi connectivity index (χ3n) is 2.83. The van der Waals surface area contributed by atoms with E-state index in [0.29, 0.717) is 0 Å². The monoisotopic (exact) mass is 210 g/mol. The fourth-order valence-electron chi connectivity index (χ4n) is 1.98. The van der Waals surface area contributed by atoms with Crippen molar-refractivity contribution in [3.05, 3.63) is 60.3 Å². The second kappa shape index (κ2) is 4.31. The van der Waals surface area contributed by atoms with Gasteiger partial charge in [0.15, 0.2) is 6.20 Å². The standard InChI is InChI=1S/C15H16N/c1-4-13-9-7-11-16(3)15(13)14-10-6-5-8-12(14)2/h4-11H,1H2,2-3H3/q+1. The van der Waals surface area contributed by atoms with E-state index in [0.717, 1.165) is 0 Å². The molecule has 0 aliphatic rings. The topological polar surface area (TPSA) is 3.88 Å². The Labute approximate surface area is 96.7 Å². The van der Waals surface area contributed by atoms with Crippen LogP contribution in [0, 0.1) is 6.92 Å². The van der Waals surface area contributed by atoms with Crippen LogP contribution in [0.1, 0.15) is 11.1 Å². The van der Waals surface area contributed by atoms with Crippen LogP contribution in [0.2, 0.25) is 0 Å². The highest BCUT2D eigenvalue weighted by Gasteiger charge is 2.14. The molecule has 0 atom stereocenters. The average molecular weight is 210 g/mol. The minimum atomic E-state index is 1.17. The second-order valence-electron chi connectivity index (χ2n) is 3.94. The van der Waals surface area contributed by atoms with Gasteiger partial charge in [-0.05, 0) is 24.6 Å². The van der Waals surface area contributed by atoms with Gasteiger partial charge in [-0.25, -0.2) is 4.57 Å². The van der Waals surface area contributed by atoms with Crippen molar-refractivity contribution < 1.29 is 4.57 Å². The zero-order valence-electron chi connectivity index (χ0n) is 9.77. The van der Waals surface area contributed by atoms with E-state index in [4.69, 9.17) is 0 Å². The molecule has 0 aliphatic carbocycles. The van der Waals surface area contributed by atoms with E-state index in [1.54, 1.807) is 0 Å². The molecule has 2 rings (SSSR count). The molecule has 0 radical (unpaired) electrons. The molecule has 1 aromatic carbocycles. The van der Waals surface area contributed by atoms with Crippen LogP contribution in [0.15, 0.2) is 49.2 Å². The number of pyridine rings is 1. The van der Waals surface area contributed by atoms with Gasteiger partial charge in [-0.3, -0.25) is 0 Å². The summed E-state index contributed by atoms with van der Waals surface area (Å²) < 4.78 is 2.14. The maximum Gasteiger partial charge on any atom is 0.219 e. The van der Waals surface area contributed by atoms with E-state index in [1.807, 2.05) is 12.1 Å². The number of aryl methyl sites for hydroxylation is 2. The van der Waals surface area contributed by atoms with Crippen LogP contribution in [0.4, 0.5) is 0 Å². The lowest BCUT2D eigenvalue weighted by Gasteiger charge is -2.06. The van der Waals surface area contributed by atoms with Gasteiger partial charge in [-0.1, -0.05) is 30.9 Å². The lowest BCUT2D eigenvalue weighted by Crippen LogP contribution is -2.31. The molecule has 0 saturated heterocycles. The van der Waals surface area contributed by atoms with Crippen molar-refractivity contribution in [1.29, 1.82) is 0 Å². The Bertz CT molecular complexity index is 527. The second-order valence-corrected chi connectivity index (χ2v) is 3.94. The molecule has 0 saturated carbocycles. The van der Waals surface area contributed by atoms with Crippen LogP contribution < -0.4 is 4.57 Å². The Morgan fingerprint density at radius 2 is 1.88 bits per heavy atom. The van der Waals surface area contributed by atoms with Gasteiger partial charge in [-0.15, -0.1) is 0 Å². The predicted octanol–water partition coefficient (Wildman–Crippen LogP) is 3.13. The van der Waals surface area contributed by atoms with Crippen molar-refractivity contribution in [2.24, 2.45) is 7.05 Å². The number of benzene rings is 1. The molecule has 80 valence electrons. The normalized spacial score (nSPS) is 10.1. The van der Waals surface area contributed by atoms with Gasteiger partial charge in [0, 0.05) is 17.2 Å². The van der Waals surface area contributed by atoms with E-state index in [1.165, 1.54) is 22.4 Å². The molecule has 0 unspecified atom stereocenters. The first-order valence-corrected chi connectivity index (χ1v) is 5.41. The van der Waals surface area contributed by atoms with Gasteiger partial charge in [-0.2, -0.15) is 0 Å². The molecular formula is C15H16N+. The van der Waals surface area contributed by atoms with Gasteiger partial charge in [0.25, 0.3) is 0 Å². The molecule has 1 heterocycles. The van der Waals surface area contributed by atoms with Gasteiger partial charge in [0.05, 0.1) is 0 Å². The lowest BCUT2D eigenvalue weighted by atomic mass is 10.0. The maximum absolute atomic E-state index is 3.87. The molecule has 0 aliphatic heterocycles. The number of hydrogen-bond acceptors (Lipinski definition) is 0. The summed E-state index contributed by atoms with van der Waals surface area (Å²) in [6, 6.07) is 12.6. The van der Waals surface area contributed by atoms with E-state index in [2.05, 4.69) is 61.6 Å². The number of nitrogens with zero attached hydrogens (tertiary/aromatic N) is 1. The van der Waals surface area contributed by atoms with Crippen molar-refractivity contribution in [1.82, 2.24) is 0 Å². The molecule has 1 heteroatoms. The highest BCUT2D eigenvalue weighted by molar-refractivity contribution is 5.71. The third-order valence-corrected chi connectivity index (χ3v) is 2.83. The first kappa shape index (κ1) is 10.6. The molecule has 0 fully saturated rings. The van der Waals surface area contributed by atoms with Crippen LogP contribution in [-0.4, -0.2) is 0 Å². The summed E-state index contributed by atoms with van der Waals surface area (Å²) >= 11 is 0. The van der Waals surface area contributed by atoms with Crippen molar-refractivity contribution in [2.45, 2.75) is 6.92 Å². The van der Waals surface area contributed by atoms with Crippen LogP contribution in [-0.2, 0) is 7.05 Å². The highest BCUT2D eigenvalue weighted by Crippen LogP contribution is 2.23. The van der Waals surface area contributed by atoms with E-state index >= 15 is 0 Å². The number of rotatable bonds is 2. The molecule has 1 aromatic heterocycles. The van der Waals surface area contributed by atoms with Gasteiger partial charge in [0.1, 0.15) is 7.05 Å². The zero-order valence-corrected chi connectivity index (χ0v) is 9.77. The minimum absolute atomic E-state index is 1.17. The fourth-order valence-corrected chi connectivity index (χ4v) is 1.98. The van der Waals surface area contributed by atoms with Crippen LogP contribution in [0.5, 0.6) is 0 Å². The molecule has 0 N–H and O–H groups in total. The van der Waals surface area contributed by atoms with Crippen molar-refractivity contribution in [3.8, 4) is 11.3 Å². The van der Waals surface area contributed by atoms with Crippen molar-refractivity contribution >= 4 is 6.08 Å². The Morgan fingerprint density at radius 1 is 1.12 bits per heavy atom. The molecule has 1 nitrogen and oxygen atoms in total. The van der Waals surface area contributed by atoms with Gasteiger partial charge >= 0.3 is 0 Å². The molecule has 0 amide bonds. The Kier molecular flexibility index (Phi) is 2.86. The first-order chi connectivity index (χ1) is 7.74. The van der Waals surface area contributed by atoms with E-state index in [-0.39, 0.29) is 0 Å². The largest absolute Gasteiger partial charge is 0.219 e. The van der Waals surface area contributed by atoms with E-state index in [9.17, 15) is 0 Å². The summed E-state index contributed by atoms with van der Waals surface area (Å²) in [6.07, 6.45) is 3.97. The molecule has 16 heavy (non-hydrogen) atoms. The predicted molar refractivity (Wildman–Crippen MR) is 67.9 cm³/mol. The van der Waals surface area contributed by atoms with Crippen LogP contribution >= 0.6 is 0 Å². The van der Waals surface area contributed by atoms with Gasteiger partial charge < -0.3 is 0 Å². The SMILES string of the molecule is C=Cc1ccc[n+](C)c1-c1ccccc1C. The Hall–Kier alpha value is -1.89. The zero-order chi connectivity index (χ0) is 11.5. The summed E-state index contributed by atoms with van der Waals surface area (Å²) in [5, 5.41) is 0. The van der Waals surface area contributed by atoms with Crippen molar-refractivity contribution in [3.63, 3.8) is 0 Å². The summed E-state index contributed by atoms with van der Waals surface area (Å²) in [4.78, 5) is 0. The molecule has 2 aromatic rings. The summed E-state index contributed by atoms with van der Waals surface area (Å²) in [5.41, 5.74) is 4.93. The smallest absolute Gasteiger partial charge is 0.200 e. The van der Waals surface area contributed by atoms with Gasteiger partial charge in [0.2, 0.25) is 5.69 Å². The summed E-state index contributed by atoms with van der Waals surface area (Å²) in [7, 11) is 2.06. The molecule has 0 bridgehead atoms.